The van der Waals surface area contributed by atoms with Crippen LogP contribution in [0.15, 0.2) is 0 Å². The summed E-state index contributed by atoms with van der Waals surface area (Å²) in [6, 6.07) is 0. The molecular weight excluding hydrogens is 158 g/mol. The van der Waals surface area contributed by atoms with Crippen molar-refractivity contribution in [3.05, 3.63) is 0 Å². The van der Waals surface area contributed by atoms with Crippen LogP contribution in [0.4, 0.5) is 0 Å². The van der Waals surface area contributed by atoms with E-state index >= 15 is 0 Å². The highest BCUT2D eigenvalue weighted by Crippen LogP contribution is 2.26. The maximum atomic E-state index is 11.5. The molecule has 66 valence electrons. The minimum atomic E-state index is -0.351. The number of carbonyl (C=O) groups is 1. The van der Waals surface area contributed by atoms with E-state index in [1.54, 1.807) is 0 Å². The van der Waals surface area contributed by atoms with Gasteiger partial charge in [-0.2, -0.15) is 10.9 Å². The Morgan fingerprint density at radius 2 is 1.91 bits per heavy atom. The zero-order valence-electron chi connectivity index (χ0n) is 7.26. The summed E-state index contributed by atoms with van der Waals surface area (Å²) in [6.07, 6.45) is 6.22. The number of thiol groups is 1. The molecule has 0 atom stereocenters. The second kappa shape index (κ2) is 4.12. The number of hydrogen-bond acceptors (Lipinski definition) is 2. The van der Waals surface area contributed by atoms with Crippen LogP contribution in [0.25, 0.3) is 0 Å². The van der Waals surface area contributed by atoms with Crippen LogP contribution in [0, 0.1) is 5.92 Å². The Labute approximate surface area is 71.1 Å². The second-order valence-corrected chi connectivity index (χ2v) is 5.49. The highest BCUT2D eigenvalue weighted by atomic mass is 32.2. The summed E-state index contributed by atoms with van der Waals surface area (Å²) in [5.74, 6) is 0.373. The molecule has 0 amide bonds. The summed E-state index contributed by atoms with van der Waals surface area (Å²) in [4.78, 5) is 11.5. The molecule has 0 aliphatic carbocycles. The number of nitrogens with one attached hydrogen (secondary N) is 1. The quantitative estimate of drug-likeness (QED) is 0.577. The van der Waals surface area contributed by atoms with E-state index in [1.165, 1.54) is 0 Å². The summed E-state index contributed by atoms with van der Waals surface area (Å²) in [5, 5.41) is 3.78. The van der Waals surface area contributed by atoms with E-state index in [-0.39, 0.29) is 10.9 Å². The molecule has 1 aliphatic rings. The number of hydrogen-bond donors (Lipinski definition) is 2. The van der Waals surface area contributed by atoms with Gasteiger partial charge in [0.1, 0.15) is 0 Å². The van der Waals surface area contributed by atoms with Crippen LogP contribution in [0.1, 0.15) is 12.8 Å². The van der Waals surface area contributed by atoms with E-state index in [2.05, 4.69) is 17.8 Å². The molecule has 0 radical (unpaired) electrons. The lowest BCUT2D eigenvalue weighted by atomic mass is 10.0. The molecule has 1 heterocycles. The molecule has 0 aromatic rings. The van der Waals surface area contributed by atoms with Gasteiger partial charge in [0.15, 0.2) is 5.12 Å². The van der Waals surface area contributed by atoms with Crippen LogP contribution in [-0.4, -0.2) is 30.7 Å². The molecule has 1 aliphatic heterocycles. The molecule has 0 spiro atoms. The molecule has 0 saturated carbocycles. The van der Waals surface area contributed by atoms with Crippen molar-refractivity contribution in [1.82, 2.24) is 5.32 Å². The van der Waals surface area contributed by atoms with E-state index in [0.29, 0.717) is 11.0 Å². The zero-order valence-corrected chi connectivity index (χ0v) is 8.16. The van der Waals surface area contributed by atoms with E-state index in [4.69, 9.17) is 0 Å². The van der Waals surface area contributed by atoms with Crippen molar-refractivity contribution in [3.8, 4) is 0 Å². The van der Waals surface area contributed by atoms with E-state index in [0.717, 1.165) is 25.9 Å². The van der Waals surface area contributed by atoms with Crippen LogP contribution >= 0.6 is 10.9 Å². The third-order valence-corrected chi connectivity index (χ3v) is 3.38. The lowest BCUT2D eigenvalue weighted by Gasteiger charge is -2.23. The molecule has 11 heavy (non-hydrogen) atoms. The zero-order chi connectivity index (χ0) is 8.27. The Hall–Kier alpha value is -0.0200. The van der Waals surface area contributed by atoms with Crippen molar-refractivity contribution in [2.45, 2.75) is 12.8 Å². The van der Waals surface area contributed by atoms with E-state index in [9.17, 15) is 4.79 Å². The van der Waals surface area contributed by atoms with Crippen LogP contribution < -0.4 is 5.32 Å². The van der Waals surface area contributed by atoms with E-state index < -0.39 is 0 Å². The van der Waals surface area contributed by atoms with Gasteiger partial charge in [-0.3, -0.25) is 4.79 Å². The van der Waals surface area contributed by atoms with Gasteiger partial charge in [0.25, 0.3) is 0 Å². The smallest absolute Gasteiger partial charge is 0.172 e. The Balaban J connectivity index is 2.39. The van der Waals surface area contributed by atoms with Crippen molar-refractivity contribution in [2.24, 2.45) is 5.92 Å². The highest BCUT2D eigenvalue weighted by Gasteiger charge is 2.21. The number of rotatable bonds is 1. The summed E-state index contributed by atoms with van der Waals surface area (Å²) >= 11 is 0. The Bertz CT molecular complexity index is 141. The largest absolute Gasteiger partial charge is 0.317 e. The molecule has 1 fully saturated rings. The SMILES string of the molecule is C[SH](C)C(=O)C1CCNCC1. The average Bonchev–Trinajstić information content (AvgIpc) is 2.05. The van der Waals surface area contributed by atoms with Gasteiger partial charge in [-0.05, 0) is 38.4 Å². The Morgan fingerprint density at radius 3 is 2.36 bits per heavy atom. The fraction of sp³-hybridized carbons (Fsp3) is 0.875. The molecular formula is C8H17NOS. The lowest BCUT2D eigenvalue weighted by molar-refractivity contribution is -0.115. The van der Waals surface area contributed by atoms with Gasteiger partial charge in [0, 0.05) is 5.92 Å². The Kier molecular flexibility index (Phi) is 3.40. The van der Waals surface area contributed by atoms with Gasteiger partial charge < -0.3 is 5.32 Å². The fourth-order valence-electron chi connectivity index (χ4n) is 1.43. The summed E-state index contributed by atoms with van der Waals surface area (Å²) in [6.45, 7) is 2.05. The first-order chi connectivity index (χ1) is 5.22. The highest BCUT2D eigenvalue weighted by molar-refractivity contribution is 8.28. The van der Waals surface area contributed by atoms with Crippen LogP contribution in [0.5, 0.6) is 0 Å². The van der Waals surface area contributed by atoms with Crippen LogP contribution in [-0.2, 0) is 4.79 Å². The van der Waals surface area contributed by atoms with Gasteiger partial charge in [-0.15, -0.1) is 0 Å². The summed E-state index contributed by atoms with van der Waals surface area (Å²) in [7, 11) is -0.351. The van der Waals surface area contributed by atoms with Crippen molar-refractivity contribution >= 4 is 16.0 Å². The Morgan fingerprint density at radius 1 is 1.36 bits per heavy atom. The van der Waals surface area contributed by atoms with Gasteiger partial charge in [-0.25, -0.2) is 0 Å². The molecule has 3 heteroatoms. The maximum absolute atomic E-state index is 11.5. The summed E-state index contributed by atoms with van der Waals surface area (Å²) in [5.41, 5.74) is 0. The average molecular weight is 175 g/mol. The molecule has 0 bridgehead atoms. The molecule has 1 saturated heterocycles. The number of piperidine rings is 1. The second-order valence-electron chi connectivity index (χ2n) is 3.26. The third kappa shape index (κ3) is 2.49. The minimum Gasteiger partial charge on any atom is -0.317 e. The van der Waals surface area contributed by atoms with Crippen molar-refractivity contribution in [2.75, 3.05) is 25.6 Å². The predicted molar refractivity (Wildman–Crippen MR) is 51.4 cm³/mol. The predicted octanol–water partition coefficient (Wildman–Crippen LogP) is 0.773. The third-order valence-electron chi connectivity index (χ3n) is 2.13. The van der Waals surface area contributed by atoms with Crippen LogP contribution in [0.2, 0.25) is 0 Å². The molecule has 1 rings (SSSR count). The van der Waals surface area contributed by atoms with Gasteiger partial charge in [0.2, 0.25) is 0 Å². The molecule has 2 nitrogen and oxygen atoms in total. The first-order valence-electron chi connectivity index (χ1n) is 4.13. The monoisotopic (exact) mass is 175 g/mol. The molecule has 0 aromatic carbocycles. The fourth-order valence-corrected chi connectivity index (χ4v) is 2.42. The van der Waals surface area contributed by atoms with Gasteiger partial charge in [-0.1, -0.05) is 0 Å². The van der Waals surface area contributed by atoms with Crippen molar-refractivity contribution in [1.29, 1.82) is 0 Å². The van der Waals surface area contributed by atoms with Gasteiger partial charge >= 0.3 is 0 Å². The number of carbonyl (C=O) groups excluding carboxylic acids is 1. The topological polar surface area (TPSA) is 29.1 Å². The molecule has 0 aromatic heterocycles. The van der Waals surface area contributed by atoms with E-state index in [1.807, 2.05) is 0 Å². The first kappa shape index (κ1) is 9.07. The van der Waals surface area contributed by atoms with Crippen molar-refractivity contribution in [3.63, 3.8) is 0 Å². The normalized spacial score (nSPS) is 21.5. The van der Waals surface area contributed by atoms with Crippen molar-refractivity contribution < 1.29 is 4.79 Å². The lowest BCUT2D eigenvalue weighted by Crippen LogP contribution is -2.31. The summed E-state index contributed by atoms with van der Waals surface area (Å²) < 4.78 is 0. The van der Waals surface area contributed by atoms with Crippen LogP contribution in [0.3, 0.4) is 0 Å². The molecule has 1 N–H and O–H groups in total. The van der Waals surface area contributed by atoms with Gasteiger partial charge in [0.05, 0.1) is 0 Å². The minimum absolute atomic E-state index is 0.351. The standard InChI is InChI=1S/C8H17NOS/c1-11(2)8(10)7-3-5-9-6-4-7/h7,9,11H,3-6H2,1-2H3. The molecule has 0 unspecified atom stereocenters. The maximum Gasteiger partial charge on any atom is 0.172 e. The first-order valence-corrected chi connectivity index (χ1v) is 6.37.